The Bertz CT molecular complexity index is 1110. The van der Waals surface area contributed by atoms with Crippen LogP contribution in [-0.2, 0) is 14.4 Å². The van der Waals surface area contributed by atoms with Crippen molar-refractivity contribution in [3.05, 3.63) is 64.1 Å². The number of carboxylic acid groups (broad SMARTS) is 2. The lowest BCUT2D eigenvalue weighted by Gasteiger charge is -2.18. The molecule has 0 bridgehead atoms. The molecule has 0 heterocycles. The van der Waals surface area contributed by atoms with E-state index < -0.39 is 36.0 Å². The Morgan fingerprint density at radius 2 is 1.72 bits per heavy atom. The van der Waals surface area contributed by atoms with Crippen LogP contribution in [-0.4, -0.2) is 53.0 Å². The van der Waals surface area contributed by atoms with Crippen LogP contribution in [0.5, 0.6) is 0 Å². The minimum Gasteiger partial charge on any atom is -0.481 e. The number of hydrazine groups is 1. The maximum absolute atomic E-state index is 12.3. The number of halogens is 4. The highest BCUT2D eigenvalue weighted by molar-refractivity contribution is 9.10. The minimum atomic E-state index is -5.08. The smallest absolute Gasteiger partial charge is 0.481 e. The van der Waals surface area contributed by atoms with Crippen molar-refractivity contribution < 1.29 is 42.6 Å². The zero-order valence-corrected chi connectivity index (χ0v) is 19.8. The normalized spacial score (nSPS) is 11.6. The molecule has 0 aliphatic heterocycles. The maximum atomic E-state index is 12.3. The SMILES string of the molecule is NNC=Nc1cccc(C(=O)NCC(=O)NC(CC(=O)O)c2cccc(Br)c2)c1.O=C(O)C(F)(F)F. The van der Waals surface area contributed by atoms with Gasteiger partial charge in [0, 0.05) is 10.0 Å². The number of nitrogens with zero attached hydrogens (tertiary/aromatic N) is 1. The van der Waals surface area contributed by atoms with Crippen molar-refractivity contribution in [1.29, 1.82) is 0 Å². The van der Waals surface area contributed by atoms with Gasteiger partial charge in [-0.25, -0.2) is 15.6 Å². The Labute approximate surface area is 210 Å². The van der Waals surface area contributed by atoms with Crippen molar-refractivity contribution in [2.45, 2.75) is 18.6 Å². The van der Waals surface area contributed by atoms with Gasteiger partial charge in [0.25, 0.3) is 5.91 Å². The first-order valence-corrected chi connectivity index (χ1v) is 10.6. The lowest BCUT2D eigenvalue weighted by atomic mass is 10.0. The number of alkyl halides is 3. The Morgan fingerprint density at radius 1 is 1.08 bits per heavy atom. The van der Waals surface area contributed by atoms with Crippen LogP contribution in [0.25, 0.3) is 0 Å². The predicted molar refractivity (Wildman–Crippen MR) is 125 cm³/mol. The van der Waals surface area contributed by atoms with Gasteiger partial charge in [0.1, 0.15) is 6.34 Å². The van der Waals surface area contributed by atoms with Gasteiger partial charge in [-0.1, -0.05) is 34.1 Å². The molecule has 194 valence electrons. The number of rotatable bonds is 9. The molecule has 0 radical (unpaired) electrons. The quantitative estimate of drug-likeness (QED) is 0.114. The van der Waals surface area contributed by atoms with E-state index in [0.29, 0.717) is 16.8 Å². The number of carbonyl (C=O) groups is 4. The van der Waals surface area contributed by atoms with Gasteiger partial charge < -0.3 is 26.3 Å². The van der Waals surface area contributed by atoms with Crippen LogP contribution in [0.2, 0.25) is 0 Å². The summed E-state index contributed by atoms with van der Waals surface area (Å²) in [7, 11) is 0. The number of aliphatic carboxylic acids is 2. The Morgan fingerprint density at radius 3 is 2.28 bits per heavy atom. The molecule has 0 spiro atoms. The van der Waals surface area contributed by atoms with Gasteiger partial charge in [-0.15, -0.1) is 0 Å². The fraction of sp³-hybridized carbons (Fsp3) is 0.190. The van der Waals surface area contributed by atoms with Crippen LogP contribution >= 0.6 is 15.9 Å². The Kier molecular flexibility index (Phi) is 12.0. The van der Waals surface area contributed by atoms with E-state index >= 15 is 0 Å². The van der Waals surface area contributed by atoms with Crippen molar-refractivity contribution in [3.63, 3.8) is 0 Å². The first-order valence-electron chi connectivity index (χ1n) is 9.77. The van der Waals surface area contributed by atoms with Crippen LogP contribution in [0.15, 0.2) is 58.0 Å². The fourth-order valence-electron chi connectivity index (χ4n) is 2.50. The molecule has 0 saturated carbocycles. The van der Waals surface area contributed by atoms with E-state index in [4.69, 9.17) is 20.9 Å². The number of carboxylic acids is 2. The summed E-state index contributed by atoms with van der Waals surface area (Å²) < 4.78 is 32.5. The summed E-state index contributed by atoms with van der Waals surface area (Å²) in [6.45, 7) is -0.305. The lowest BCUT2D eigenvalue weighted by molar-refractivity contribution is -0.192. The summed E-state index contributed by atoms with van der Waals surface area (Å²) in [5, 5.41) is 21.4. The third-order valence-corrected chi connectivity index (χ3v) is 4.51. The summed E-state index contributed by atoms with van der Waals surface area (Å²) >= 11 is 3.32. The van der Waals surface area contributed by atoms with Gasteiger partial charge in [-0.3, -0.25) is 14.4 Å². The van der Waals surface area contributed by atoms with Gasteiger partial charge in [0.15, 0.2) is 0 Å². The lowest BCUT2D eigenvalue weighted by Crippen LogP contribution is -2.39. The number of aliphatic imine (C=N–C) groups is 1. The third kappa shape index (κ3) is 11.4. The molecule has 0 saturated heterocycles. The summed E-state index contributed by atoms with van der Waals surface area (Å²) in [4.78, 5) is 48.6. The number of hydrogen-bond donors (Lipinski definition) is 6. The molecule has 0 aliphatic carbocycles. The van der Waals surface area contributed by atoms with Crippen molar-refractivity contribution in [1.82, 2.24) is 16.1 Å². The molecular formula is C21H21BrF3N5O6. The average molecular weight is 576 g/mol. The van der Waals surface area contributed by atoms with Gasteiger partial charge in [0.2, 0.25) is 5.91 Å². The molecule has 0 aliphatic rings. The second-order valence-electron chi connectivity index (χ2n) is 6.73. The van der Waals surface area contributed by atoms with Crippen molar-refractivity contribution in [3.8, 4) is 0 Å². The van der Waals surface area contributed by atoms with Crippen LogP contribution in [0.1, 0.15) is 28.4 Å². The monoisotopic (exact) mass is 575 g/mol. The molecule has 2 amide bonds. The summed E-state index contributed by atoms with van der Waals surface area (Å²) in [6.07, 6.45) is -4.10. The Balaban J connectivity index is 0.000000809. The van der Waals surface area contributed by atoms with E-state index in [9.17, 15) is 27.6 Å². The molecule has 2 rings (SSSR count). The number of nitrogens with two attached hydrogens (primary N) is 1. The van der Waals surface area contributed by atoms with Gasteiger partial charge in [0.05, 0.1) is 24.7 Å². The van der Waals surface area contributed by atoms with Gasteiger partial charge in [-0.05, 0) is 35.9 Å². The highest BCUT2D eigenvalue weighted by atomic mass is 79.9. The largest absolute Gasteiger partial charge is 0.490 e. The zero-order valence-electron chi connectivity index (χ0n) is 18.3. The number of carbonyl (C=O) groups excluding carboxylic acids is 2. The first kappa shape index (κ1) is 30.1. The first-order chi connectivity index (χ1) is 16.8. The molecule has 0 fully saturated rings. The predicted octanol–water partition coefficient (Wildman–Crippen LogP) is 2.27. The highest BCUT2D eigenvalue weighted by Crippen LogP contribution is 2.21. The van der Waals surface area contributed by atoms with E-state index in [1.807, 2.05) is 0 Å². The third-order valence-electron chi connectivity index (χ3n) is 4.01. The van der Waals surface area contributed by atoms with Crippen LogP contribution < -0.4 is 21.9 Å². The summed E-state index contributed by atoms with van der Waals surface area (Å²) in [6, 6.07) is 12.7. The molecular weight excluding hydrogens is 555 g/mol. The van der Waals surface area contributed by atoms with Crippen molar-refractivity contribution in [2.24, 2.45) is 10.8 Å². The second kappa shape index (κ2) is 14.4. The minimum absolute atomic E-state index is 0.286. The van der Waals surface area contributed by atoms with E-state index in [1.54, 1.807) is 42.5 Å². The van der Waals surface area contributed by atoms with Crippen LogP contribution in [0, 0.1) is 0 Å². The molecule has 0 aromatic heterocycles. The average Bonchev–Trinajstić information content (AvgIpc) is 2.80. The van der Waals surface area contributed by atoms with E-state index in [0.717, 1.165) is 4.47 Å². The maximum Gasteiger partial charge on any atom is 0.490 e. The molecule has 1 atom stereocenters. The van der Waals surface area contributed by atoms with Gasteiger partial charge in [-0.2, -0.15) is 13.2 Å². The van der Waals surface area contributed by atoms with E-state index in [1.165, 1.54) is 12.4 Å². The molecule has 15 heteroatoms. The fourth-order valence-corrected chi connectivity index (χ4v) is 2.91. The van der Waals surface area contributed by atoms with Crippen LogP contribution in [0.3, 0.4) is 0 Å². The summed E-state index contributed by atoms with van der Waals surface area (Å²) in [5.74, 6) is 0.333. The standard InChI is InChI=1S/C19H20BrN5O4.C2HF3O2/c20-14-5-1-3-12(7-14)16(9-18(27)28)25-17(26)10-22-19(29)13-4-2-6-15(8-13)23-11-24-21;3-2(4,5)1(6)7/h1-8,11,16H,9-10,21H2,(H,22,29)(H,23,24)(H,25,26)(H,27,28);(H,6,7). The molecule has 2 aromatic carbocycles. The zero-order chi connectivity index (χ0) is 27.3. The molecule has 11 nitrogen and oxygen atoms in total. The molecule has 2 aromatic rings. The van der Waals surface area contributed by atoms with Crippen LogP contribution in [0.4, 0.5) is 18.9 Å². The highest BCUT2D eigenvalue weighted by Gasteiger charge is 2.38. The van der Waals surface area contributed by atoms with Gasteiger partial charge >= 0.3 is 18.1 Å². The van der Waals surface area contributed by atoms with E-state index in [2.05, 4.69) is 37.0 Å². The number of hydrogen-bond acceptors (Lipinski definition) is 6. The molecule has 1 unspecified atom stereocenters. The van der Waals surface area contributed by atoms with Crippen molar-refractivity contribution in [2.75, 3.05) is 6.54 Å². The molecule has 36 heavy (non-hydrogen) atoms. The summed E-state index contributed by atoms with van der Waals surface area (Å²) in [5.41, 5.74) is 3.73. The van der Waals surface area contributed by atoms with E-state index in [-0.39, 0.29) is 13.0 Å². The number of amides is 2. The number of nitrogens with one attached hydrogen (secondary N) is 3. The number of benzene rings is 2. The second-order valence-corrected chi connectivity index (χ2v) is 7.65. The Hall–Kier alpha value is -3.98. The van der Waals surface area contributed by atoms with Crippen molar-refractivity contribution >= 4 is 51.7 Å². The molecule has 7 N–H and O–H groups in total. The topological polar surface area (TPSA) is 183 Å².